The lowest BCUT2D eigenvalue weighted by Crippen LogP contribution is -2.09. The Morgan fingerprint density at radius 1 is 0.786 bits per heavy atom. The molecule has 3 heteroatoms. The van der Waals surface area contributed by atoms with Crippen LogP contribution in [-0.4, -0.2) is 10.5 Å². The van der Waals surface area contributed by atoms with Crippen LogP contribution in [0.5, 0.6) is 5.88 Å². The van der Waals surface area contributed by atoms with Gasteiger partial charge in [-0.3, -0.25) is 4.79 Å². The Morgan fingerprint density at radius 2 is 1.32 bits per heavy atom. The molecule has 138 valence electrons. The minimum Gasteiger partial charge on any atom is -0.409 e. The SMILES string of the molecule is CC(=O)Oc1cc(-c2ccccc2)c(-c2ccccc2)n1Cc1ccccc1. The third kappa shape index (κ3) is 3.74. The summed E-state index contributed by atoms with van der Waals surface area (Å²) in [6.07, 6.45) is 0. The molecule has 1 heterocycles. The van der Waals surface area contributed by atoms with Gasteiger partial charge in [-0.25, -0.2) is 0 Å². The van der Waals surface area contributed by atoms with Crippen molar-refractivity contribution in [1.29, 1.82) is 0 Å². The van der Waals surface area contributed by atoms with Gasteiger partial charge < -0.3 is 9.30 Å². The number of rotatable bonds is 5. The Kier molecular flexibility index (Phi) is 5.07. The molecule has 0 spiro atoms. The summed E-state index contributed by atoms with van der Waals surface area (Å²) >= 11 is 0. The largest absolute Gasteiger partial charge is 0.409 e. The first-order chi connectivity index (χ1) is 13.7. The standard InChI is InChI=1S/C25H21NO2/c1-19(27)28-24-17-23(21-13-7-3-8-14-21)25(22-15-9-4-10-16-22)26(24)18-20-11-5-2-6-12-20/h2-17H,18H2,1H3. The molecule has 0 bridgehead atoms. The summed E-state index contributed by atoms with van der Waals surface area (Å²) in [4.78, 5) is 11.8. The van der Waals surface area contributed by atoms with E-state index in [0.29, 0.717) is 12.4 Å². The van der Waals surface area contributed by atoms with Gasteiger partial charge in [0.15, 0.2) is 0 Å². The second-order valence-electron chi connectivity index (χ2n) is 6.64. The molecule has 0 saturated carbocycles. The van der Waals surface area contributed by atoms with Crippen LogP contribution in [0, 0.1) is 0 Å². The number of benzene rings is 3. The maximum Gasteiger partial charge on any atom is 0.309 e. The Balaban J connectivity index is 1.95. The number of esters is 1. The van der Waals surface area contributed by atoms with Crippen molar-refractivity contribution in [1.82, 2.24) is 4.57 Å². The monoisotopic (exact) mass is 367 g/mol. The van der Waals surface area contributed by atoms with Gasteiger partial charge in [0.05, 0.1) is 12.2 Å². The van der Waals surface area contributed by atoms with Crippen LogP contribution in [0.15, 0.2) is 97.1 Å². The Bertz CT molecular complexity index is 1070. The molecular weight excluding hydrogens is 346 g/mol. The fourth-order valence-electron chi connectivity index (χ4n) is 3.43. The second kappa shape index (κ2) is 7.97. The number of carbonyl (C=O) groups is 1. The second-order valence-corrected chi connectivity index (χ2v) is 6.64. The van der Waals surface area contributed by atoms with Crippen molar-refractivity contribution in [2.75, 3.05) is 0 Å². The predicted octanol–water partition coefficient (Wildman–Crippen LogP) is 5.80. The van der Waals surface area contributed by atoms with Gasteiger partial charge in [-0.15, -0.1) is 0 Å². The molecule has 0 fully saturated rings. The van der Waals surface area contributed by atoms with E-state index in [1.165, 1.54) is 6.92 Å². The van der Waals surface area contributed by atoms with Gasteiger partial charge in [-0.05, 0) is 16.7 Å². The lowest BCUT2D eigenvalue weighted by molar-refractivity contribution is -0.132. The van der Waals surface area contributed by atoms with Gasteiger partial charge >= 0.3 is 5.97 Å². The predicted molar refractivity (Wildman–Crippen MR) is 112 cm³/mol. The fraction of sp³-hybridized carbons (Fsp3) is 0.0800. The molecule has 0 radical (unpaired) electrons. The maximum atomic E-state index is 11.8. The average molecular weight is 367 g/mol. The number of nitrogens with zero attached hydrogens (tertiary/aromatic N) is 1. The zero-order valence-electron chi connectivity index (χ0n) is 15.7. The van der Waals surface area contributed by atoms with E-state index in [-0.39, 0.29) is 5.97 Å². The molecule has 0 N–H and O–H groups in total. The molecule has 0 saturated heterocycles. The number of hydrogen-bond donors (Lipinski definition) is 0. The van der Waals surface area contributed by atoms with Crippen molar-refractivity contribution in [2.45, 2.75) is 13.5 Å². The van der Waals surface area contributed by atoms with Crippen LogP contribution in [0.2, 0.25) is 0 Å². The van der Waals surface area contributed by atoms with E-state index in [9.17, 15) is 4.79 Å². The lowest BCUT2D eigenvalue weighted by Gasteiger charge is -2.14. The van der Waals surface area contributed by atoms with E-state index in [1.54, 1.807) is 0 Å². The molecule has 0 aliphatic heterocycles. The summed E-state index contributed by atoms with van der Waals surface area (Å²) in [6, 6.07) is 32.6. The van der Waals surface area contributed by atoms with Crippen molar-refractivity contribution >= 4 is 5.97 Å². The van der Waals surface area contributed by atoms with Crippen LogP contribution in [0.3, 0.4) is 0 Å². The molecular formula is C25H21NO2. The normalized spacial score (nSPS) is 10.6. The Hall–Kier alpha value is -3.59. The first-order valence-electron chi connectivity index (χ1n) is 9.29. The highest BCUT2D eigenvalue weighted by molar-refractivity contribution is 5.84. The van der Waals surface area contributed by atoms with Gasteiger partial charge in [0.25, 0.3) is 0 Å². The quantitative estimate of drug-likeness (QED) is 0.418. The number of hydrogen-bond acceptors (Lipinski definition) is 2. The van der Waals surface area contributed by atoms with Crippen molar-refractivity contribution < 1.29 is 9.53 Å². The topological polar surface area (TPSA) is 31.2 Å². The molecule has 0 aliphatic rings. The lowest BCUT2D eigenvalue weighted by atomic mass is 10.0. The van der Waals surface area contributed by atoms with Crippen LogP contribution >= 0.6 is 0 Å². The van der Waals surface area contributed by atoms with E-state index in [0.717, 1.165) is 27.9 Å². The van der Waals surface area contributed by atoms with Crippen LogP contribution in [0.25, 0.3) is 22.4 Å². The van der Waals surface area contributed by atoms with Gasteiger partial charge in [0.1, 0.15) is 0 Å². The number of ether oxygens (including phenoxy) is 1. The summed E-state index contributed by atoms with van der Waals surface area (Å²) in [6.45, 7) is 2.05. The van der Waals surface area contributed by atoms with E-state index in [1.807, 2.05) is 60.7 Å². The van der Waals surface area contributed by atoms with E-state index in [2.05, 4.69) is 41.0 Å². The highest BCUT2D eigenvalue weighted by Gasteiger charge is 2.20. The number of carbonyl (C=O) groups excluding carboxylic acids is 1. The van der Waals surface area contributed by atoms with Crippen LogP contribution in [0.4, 0.5) is 0 Å². The molecule has 4 aromatic rings. The van der Waals surface area contributed by atoms with Gasteiger partial charge in [-0.2, -0.15) is 0 Å². The Morgan fingerprint density at radius 3 is 1.89 bits per heavy atom. The third-order valence-corrected chi connectivity index (χ3v) is 4.62. The van der Waals surface area contributed by atoms with E-state index in [4.69, 9.17) is 4.74 Å². The fourth-order valence-corrected chi connectivity index (χ4v) is 3.43. The zero-order chi connectivity index (χ0) is 19.3. The summed E-state index contributed by atoms with van der Waals surface area (Å²) in [5, 5.41) is 0. The van der Waals surface area contributed by atoms with Crippen LogP contribution in [0.1, 0.15) is 12.5 Å². The highest BCUT2D eigenvalue weighted by Crippen LogP contribution is 2.39. The van der Waals surface area contributed by atoms with Gasteiger partial charge in [0.2, 0.25) is 5.88 Å². The van der Waals surface area contributed by atoms with Gasteiger partial charge in [-0.1, -0.05) is 91.0 Å². The average Bonchev–Trinajstić information content (AvgIpc) is 3.07. The van der Waals surface area contributed by atoms with Crippen LogP contribution < -0.4 is 4.74 Å². The smallest absolute Gasteiger partial charge is 0.309 e. The van der Waals surface area contributed by atoms with Crippen LogP contribution in [-0.2, 0) is 11.3 Å². The summed E-state index contributed by atoms with van der Waals surface area (Å²) in [5.41, 5.74) is 5.38. The summed E-state index contributed by atoms with van der Waals surface area (Å²) < 4.78 is 7.68. The van der Waals surface area contributed by atoms with Gasteiger partial charge in [0, 0.05) is 18.6 Å². The maximum absolute atomic E-state index is 11.8. The molecule has 0 amide bonds. The third-order valence-electron chi connectivity index (χ3n) is 4.62. The minimum atomic E-state index is -0.328. The molecule has 0 unspecified atom stereocenters. The molecule has 1 aromatic heterocycles. The highest BCUT2D eigenvalue weighted by atomic mass is 16.5. The molecule has 28 heavy (non-hydrogen) atoms. The van der Waals surface area contributed by atoms with E-state index >= 15 is 0 Å². The zero-order valence-corrected chi connectivity index (χ0v) is 15.7. The molecule has 0 aliphatic carbocycles. The minimum absolute atomic E-state index is 0.328. The summed E-state index contributed by atoms with van der Waals surface area (Å²) in [5.74, 6) is 0.222. The molecule has 3 aromatic carbocycles. The summed E-state index contributed by atoms with van der Waals surface area (Å²) in [7, 11) is 0. The first kappa shape index (κ1) is 17.8. The van der Waals surface area contributed by atoms with Crippen molar-refractivity contribution in [3.63, 3.8) is 0 Å². The molecule has 3 nitrogen and oxygen atoms in total. The first-order valence-corrected chi connectivity index (χ1v) is 9.29. The van der Waals surface area contributed by atoms with Crippen molar-refractivity contribution in [3.8, 4) is 28.3 Å². The Labute approximate surface area is 164 Å². The van der Waals surface area contributed by atoms with Crippen molar-refractivity contribution in [2.24, 2.45) is 0 Å². The molecule has 0 atom stereocenters. The van der Waals surface area contributed by atoms with Crippen molar-refractivity contribution in [3.05, 3.63) is 103 Å². The number of aromatic nitrogens is 1. The molecule has 4 rings (SSSR count). The van der Waals surface area contributed by atoms with E-state index < -0.39 is 0 Å².